The number of carbonyl (C=O) groups is 1. The van der Waals surface area contributed by atoms with Gasteiger partial charge in [0.15, 0.2) is 5.11 Å². The van der Waals surface area contributed by atoms with E-state index in [9.17, 15) is 4.79 Å². The molecule has 1 amide bonds. The molecule has 2 atom stereocenters. The highest BCUT2D eigenvalue weighted by Gasteiger charge is 2.41. The molecule has 7 heteroatoms. The Labute approximate surface area is 252 Å². The maximum atomic E-state index is 13.3. The second-order valence-corrected chi connectivity index (χ2v) is 11.4. The van der Waals surface area contributed by atoms with Crippen molar-refractivity contribution in [3.8, 4) is 5.69 Å². The Kier molecular flexibility index (Phi) is 7.52. The zero-order valence-corrected chi connectivity index (χ0v) is 25.2. The Bertz CT molecular complexity index is 1770. The van der Waals surface area contributed by atoms with E-state index in [1.807, 2.05) is 54.7 Å². The molecule has 6 nitrogen and oxygen atoms in total. The third kappa shape index (κ3) is 5.05. The maximum Gasteiger partial charge on any atom is 0.226 e. The van der Waals surface area contributed by atoms with Crippen LogP contribution in [0.3, 0.4) is 0 Å². The largest absolute Gasteiger partial charge is 0.352 e. The molecular weight excluding hydrogens is 538 g/mol. The van der Waals surface area contributed by atoms with Gasteiger partial charge in [0.1, 0.15) is 0 Å². The van der Waals surface area contributed by atoms with Crippen LogP contribution in [0.15, 0.2) is 91.1 Å². The van der Waals surface area contributed by atoms with Crippen molar-refractivity contribution in [3.63, 3.8) is 0 Å². The molecule has 3 aromatic carbocycles. The maximum absolute atomic E-state index is 13.3. The van der Waals surface area contributed by atoms with Crippen LogP contribution in [0.25, 0.3) is 16.5 Å². The van der Waals surface area contributed by atoms with Gasteiger partial charge in [-0.25, -0.2) is 0 Å². The summed E-state index contributed by atoms with van der Waals surface area (Å²) in [5.74, 6) is -0.0461. The summed E-state index contributed by atoms with van der Waals surface area (Å²) < 4.78 is 2.35. The van der Waals surface area contributed by atoms with Gasteiger partial charge in [-0.2, -0.15) is 0 Å². The number of pyridine rings is 1. The molecule has 212 valence electrons. The average molecular weight is 574 g/mol. The Morgan fingerprint density at radius 3 is 2.40 bits per heavy atom. The number of fused-ring (bicyclic) bond motifs is 1. The predicted molar refractivity (Wildman–Crippen MR) is 174 cm³/mol. The van der Waals surface area contributed by atoms with Gasteiger partial charge < -0.3 is 20.1 Å². The van der Waals surface area contributed by atoms with Gasteiger partial charge in [-0.05, 0) is 86.3 Å². The lowest BCUT2D eigenvalue weighted by atomic mass is 9.96. The lowest BCUT2D eigenvalue weighted by Crippen LogP contribution is -2.33. The van der Waals surface area contributed by atoms with Crippen molar-refractivity contribution in [2.75, 3.05) is 11.9 Å². The minimum atomic E-state index is -0.147. The number of nitrogens with zero attached hydrogens (tertiary/aromatic N) is 3. The number of thiocarbonyl (C=S) groups is 1. The molecule has 0 bridgehead atoms. The van der Waals surface area contributed by atoms with Crippen molar-refractivity contribution in [2.24, 2.45) is 0 Å². The van der Waals surface area contributed by atoms with E-state index in [-0.39, 0.29) is 18.0 Å². The lowest BCUT2D eigenvalue weighted by Gasteiger charge is -2.28. The SMILES string of the molecule is Cc1cccc(C)c1-n1c(C)cc([C@H]2[C@H](c3ccccn3)NC(=S)N2CCC(=O)Nc2cccc3ccccc23)c1C. The molecule has 0 unspecified atom stereocenters. The van der Waals surface area contributed by atoms with Crippen LogP contribution in [-0.4, -0.2) is 32.0 Å². The lowest BCUT2D eigenvalue weighted by molar-refractivity contribution is -0.116. The van der Waals surface area contributed by atoms with Gasteiger partial charge in [-0.3, -0.25) is 9.78 Å². The topological polar surface area (TPSA) is 62.2 Å². The first-order chi connectivity index (χ1) is 20.3. The third-order valence-electron chi connectivity index (χ3n) is 8.29. The number of benzene rings is 3. The molecule has 1 fully saturated rings. The van der Waals surface area contributed by atoms with Crippen LogP contribution < -0.4 is 10.6 Å². The van der Waals surface area contributed by atoms with E-state index < -0.39 is 0 Å². The molecule has 6 rings (SSSR count). The number of rotatable bonds is 7. The standard InChI is InChI=1S/C35H35N5OS/c1-22-11-9-12-23(2)33(22)40-24(3)21-28(25(40)4)34-32(30-16-7-8-19-36-30)38-35(42)39(34)20-18-31(41)37-29-17-10-14-26-13-5-6-15-27(26)29/h5-17,19,21,32,34H,18,20H2,1-4H3,(H,37,41)(H,38,42)/t32-,34-/m0/s1. The molecule has 0 spiro atoms. The highest BCUT2D eigenvalue weighted by molar-refractivity contribution is 7.80. The van der Waals surface area contributed by atoms with Crippen molar-refractivity contribution >= 4 is 39.7 Å². The molecule has 3 heterocycles. The summed E-state index contributed by atoms with van der Waals surface area (Å²) in [6, 6.07) is 28.4. The molecule has 0 saturated carbocycles. The van der Waals surface area contributed by atoms with E-state index in [0.717, 1.165) is 33.5 Å². The van der Waals surface area contributed by atoms with Crippen molar-refractivity contribution in [1.29, 1.82) is 0 Å². The minimum absolute atomic E-state index is 0.0461. The fourth-order valence-electron chi connectivity index (χ4n) is 6.34. The third-order valence-corrected chi connectivity index (χ3v) is 8.65. The molecule has 5 aromatic rings. The molecule has 0 aliphatic carbocycles. The number of carbonyl (C=O) groups excluding carboxylic acids is 1. The summed E-state index contributed by atoms with van der Waals surface area (Å²) in [4.78, 5) is 20.1. The quantitative estimate of drug-likeness (QED) is 0.201. The Morgan fingerprint density at radius 1 is 0.929 bits per heavy atom. The van der Waals surface area contributed by atoms with Crippen LogP contribution >= 0.6 is 12.2 Å². The van der Waals surface area contributed by atoms with Gasteiger partial charge in [0, 0.05) is 41.6 Å². The number of hydrogen-bond acceptors (Lipinski definition) is 3. The fourth-order valence-corrected chi connectivity index (χ4v) is 6.68. The van der Waals surface area contributed by atoms with Gasteiger partial charge in [-0.1, -0.05) is 60.7 Å². The molecule has 1 saturated heterocycles. The molecule has 2 aromatic heterocycles. The number of para-hydroxylation sites is 1. The van der Waals surface area contributed by atoms with E-state index in [1.165, 1.54) is 22.4 Å². The fraction of sp³-hybridized carbons (Fsp3) is 0.229. The average Bonchev–Trinajstić information content (AvgIpc) is 3.47. The number of aromatic nitrogens is 2. The van der Waals surface area contributed by atoms with Crippen molar-refractivity contribution in [2.45, 2.75) is 46.2 Å². The summed E-state index contributed by atoms with van der Waals surface area (Å²) in [6.07, 6.45) is 2.11. The molecule has 42 heavy (non-hydrogen) atoms. The van der Waals surface area contributed by atoms with Crippen LogP contribution in [0.1, 0.15) is 52.3 Å². The zero-order valence-electron chi connectivity index (χ0n) is 24.4. The number of aryl methyl sites for hydroxylation is 3. The Hall–Kier alpha value is -4.49. The Balaban J connectivity index is 1.33. The van der Waals surface area contributed by atoms with Crippen molar-refractivity contribution < 1.29 is 4.79 Å². The van der Waals surface area contributed by atoms with E-state index in [1.54, 1.807) is 0 Å². The summed E-state index contributed by atoms with van der Waals surface area (Å²) in [6.45, 7) is 9.12. The Morgan fingerprint density at radius 2 is 1.64 bits per heavy atom. The van der Waals surface area contributed by atoms with Gasteiger partial charge in [0.2, 0.25) is 5.91 Å². The van der Waals surface area contributed by atoms with E-state index >= 15 is 0 Å². The number of anilines is 1. The summed E-state index contributed by atoms with van der Waals surface area (Å²) in [7, 11) is 0. The summed E-state index contributed by atoms with van der Waals surface area (Å²) >= 11 is 5.91. The van der Waals surface area contributed by atoms with Gasteiger partial charge >= 0.3 is 0 Å². The first-order valence-corrected chi connectivity index (χ1v) is 14.8. The molecule has 1 aliphatic rings. The van der Waals surface area contributed by atoms with E-state index in [0.29, 0.717) is 18.1 Å². The van der Waals surface area contributed by atoms with Crippen LogP contribution in [0, 0.1) is 27.7 Å². The number of nitrogens with one attached hydrogen (secondary N) is 2. The molecule has 0 radical (unpaired) electrons. The highest BCUT2D eigenvalue weighted by Crippen LogP contribution is 2.42. The van der Waals surface area contributed by atoms with Gasteiger partial charge in [0.25, 0.3) is 0 Å². The smallest absolute Gasteiger partial charge is 0.226 e. The predicted octanol–water partition coefficient (Wildman–Crippen LogP) is 7.26. The van der Waals surface area contributed by atoms with E-state index in [4.69, 9.17) is 17.2 Å². The van der Waals surface area contributed by atoms with Gasteiger partial charge in [-0.15, -0.1) is 0 Å². The van der Waals surface area contributed by atoms with Crippen LogP contribution in [-0.2, 0) is 4.79 Å². The first kappa shape index (κ1) is 27.7. The minimum Gasteiger partial charge on any atom is -0.352 e. The normalized spacial score (nSPS) is 16.6. The second-order valence-electron chi connectivity index (χ2n) is 11.0. The first-order valence-electron chi connectivity index (χ1n) is 14.3. The number of hydrogen-bond donors (Lipinski definition) is 2. The van der Waals surface area contributed by atoms with Crippen molar-refractivity contribution in [1.82, 2.24) is 19.8 Å². The zero-order chi connectivity index (χ0) is 29.4. The van der Waals surface area contributed by atoms with E-state index in [2.05, 4.69) is 84.2 Å². The van der Waals surface area contributed by atoms with Crippen LogP contribution in [0.5, 0.6) is 0 Å². The van der Waals surface area contributed by atoms with Crippen LogP contribution in [0.4, 0.5) is 5.69 Å². The number of amides is 1. The monoisotopic (exact) mass is 573 g/mol. The molecule has 2 N–H and O–H groups in total. The molecule has 1 aliphatic heterocycles. The molecular formula is C35H35N5OS. The van der Waals surface area contributed by atoms with Crippen LogP contribution in [0.2, 0.25) is 0 Å². The second kappa shape index (κ2) is 11.4. The highest BCUT2D eigenvalue weighted by atomic mass is 32.1. The van der Waals surface area contributed by atoms with Crippen molar-refractivity contribution in [3.05, 3.63) is 125 Å². The summed E-state index contributed by atoms with van der Waals surface area (Å²) in [5.41, 5.74) is 8.90. The summed E-state index contributed by atoms with van der Waals surface area (Å²) in [5, 5.41) is 9.42. The van der Waals surface area contributed by atoms with Gasteiger partial charge in [0.05, 0.1) is 23.5 Å².